The van der Waals surface area contributed by atoms with Crippen LogP contribution >= 0.6 is 0 Å². The van der Waals surface area contributed by atoms with Crippen LogP contribution in [-0.4, -0.2) is 23.5 Å². The Morgan fingerprint density at radius 3 is 2.41 bits per heavy atom. The number of hydrogen-bond acceptors (Lipinski definition) is 2. The van der Waals surface area contributed by atoms with Gasteiger partial charge in [-0.2, -0.15) is 0 Å². The van der Waals surface area contributed by atoms with Crippen LogP contribution in [0, 0.1) is 12.3 Å². The number of carboxylic acid groups (broad SMARTS) is 1. The SMILES string of the molecule is C#CCCCCC(=O)NCCCCCC(=O)O. The van der Waals surface area contributed by atoms with Gasteiger partial charge >= 0.3 is 5.97 Å². The summed E-state index contributed by atoms with van der Waals surface area (Å²) < 4.78 is 0. The average molecular weight is 239 g/mol. The lowest BCUT2D eigenvalue weighted by Gasteiger charge is -2.04. The van der Waals surface area contributed by atoms with Gasteiger partial charge in [-0.15, -0.1) is 12.3 Å². The maximum Gasteiger partial charge on any atom is 0.303 e. The summed E-state index contributed by atoms with van der Waals surface area (Å²) in [6, 6.07) is 0. The van der Waals surface area contributed by atoms with Gasteiger partial charge in [-0.3, -0.25) is 9.59 Å². The van der Waals surface area contributed by atoms with Crippen molar-refractivity contribution >= 4 is 11.9 Å². The molecule has 0 atom stereocenters. The largest absolute Gasteiger partial charge is 0.481 e. The van der Waals surface area contributed by atoms with Gasteiger partial charge in [0.25, 0.3) is 0 Å². The zero-order valence-electron chi connectivity index (χ0n) is 10.2. The molecule has 1 amide bonds. The van der Waals surface area contributed by atoms with Crippen molar-refractivity contribution in [2.45, 2.75) is 51.4 Å². The number of amides is 1. The number of carbonyl (C=O) groups is 2. The van der Waals surface area contributed by atoms with E-state index in [9.17, 15) is 9.59 Å². The molecule has 0 radical (unpaired) electrons. The zero-order valence-corrected chi connectivity index (χ0v) is 10.2. The van der Waals surface area contributed by atoms with Crippen LogP contribution in [0.25, 0.3) is 0 Å². The number of carboxylic acids is 1. The summed E-state index contributed by atoms with van der Waals surface area (Å²) in [5.74, 6) is 1.83. The molecule has 0 aromatic heterocycles. The lowest BCUT2D eigenvalue weighted by atomic mass is 10.2. The average Bonchev–Trinajstić information content (AvgIpc) is 2.29. The fraction of sp³-hybridized carbons (Fsp3) is 0.692. The van der Waals surface area contributed by atoms with Crippen molar-refractivity contribution in [3.63, 3.8) is 0 Å². The van der Waals surface area contributed by atoms with E-state index in [1.54, 1.807) is 0 Å². The molecule has 0 rings (SSSR count). The molecule has 0 aliphatic rings. The van der Waals surface area contributed by atoms with Crippen LogP contribution < -0.4 is 5.32 Å². The minimum Gasteiger partial charge on any atom is -0.481 e. The second kappa shape index (κ2) is 11.0. The van der Waals surface area contributed by atoms with Gasteiger partial charge in [0, 0.05) is 25.8 Å². The molecule has 0 aliphatic heterocycles. The zero-order chi connectivity index (χ0) is 12.9. The van der Waals surface area contributed by atoms with Crippen molar-refractivity contribution < 1.29 is 14.7 Å². The molecule has 0 saturated heterocycles. The first-order chi connectivity index (χ1) is 8.16. The summed E-state index contributed by atoms with van der Waals surface area (Å²) in [4.78, 5) is 21.5. The van der Waals surface area contributed by atoms with E-state index in [4.69, 9.17) is 11.5 Å². The number of unbranched alkanes of at least 4 members (excludes halogenated alkanes) is 4. The topological polar surface area (TPSA) is 66.4 Å². The van der Waals surface area contributed by atoms with Gasteiger partial charge in [-0.05, 0) is 25.7 Å². The summed E-state index contributed by atoms with van der Waals surface area (Å²) >= 11 is 0. The second-order valence-corrected chi connectivity index (χ2v) is 3.97. The molecule has 0 spiro atoms. The Bertz CT molecular complexity index is 268. The Morgan fingerprint density at radius 2 is 1.76 bits per heavy atom. The summed E-state index contributed by atoms with van der Waals surface area (Å²) in [5.41, 5.74) is 0. The lowest BCUT2D eigenvalue weighted by Crippen LogP contribution is -2.23. The van der Waals surface area contributed by atoms with E-state index >= 15 is 0 Å². The molecule has 4 heteroatoms. The van der Waals surface area contributed by atoms with Crippen LogP contribution in [0.4, 0.5) is 0 Å². The number of hydrogen-bond donors (Lipinski definition) is 2. The highest BCUT2D eigenvalue weighted by Gasteiger charge is 2.00. The van der Waals surface area contributed by atoms with Crippen LogP contribution in [-0.2, 0) is 9.59 Å². The Balaban J connectivity index is 3.22. The second-order valence-electron chi connectivity index (χ2n) is 3.97. The number of terminal acetylenes is 1. The van der Waals surface area contributed by atoms with Gasteiger partial charge in [-0.25, -0.2) is 0 Å². The minimum atomic E-state index is -0.762. The first-order valence-corrected chi connectivity index (χ1v) is 6.08. The van der Waals surface area contributed by atoms with Crippen molar-refractivity contribution in [1.82, 2.24) is 5.32 Å². The lowest BCUT2D eigenvalue weighted by molar-refractivity contribution is -0.137. The van der Waals surface area contributed by atoms with E-state index in [1.807, 2.05) is 0 Å². The van der Waals surface area contributed by atoms with Gasteiger partial charge in [-0.1, -0.05) is 6.42 Å². The summed E-state index contributed by atoms with van der Waals surface area (Å²) in [6.07, 6.45) is 10.6. The highest BCUT2D eigenvalue weighted by molar-refractivity contribution is 5.75. The fourth-order valence-corrected chi connectivity index (χ4v) is 1.41. The molecule has 0 bridgehead atoms. The van der Waals surface area contributed by atoms with Crippen LogP contribution in [0.1, 0.15) is 51.4 Å². The van der Waals surface area contributed by atoms with Gasteiger partial charge in [0.05, 0.1) is 0 Å². The van der Waals surface area contributed by atoms with Gasteiger partial charge in [0.15, 0.2) is 0 Å². The Hall–Kier alpha value is -1.50. The molecule has 17 heavy (non-hydrogen) atoms. The third-order valence-electron chi connectivity index (χ3n) is 2.36. The molecule has 0 aliphatic carbocycles. The Labute approximate surface area is 103 Å². The third-order valence-corrected chi connectivity index (χ3v) is 2.36. The molecule has 0 unspecified atom stereocenters. The molecule has 0 saturated carbocycles. The smallest absolute Gasteiger partial charge is 0.303 e. The van der Waals surface area contributed by atoms with E-state index in [1.165, 1.54) is 0 Å². The van der Waals surface area contributed by atoms with Gasteiger partial charge < -0.3 is 10.4 Å². The van der Waals surface area contributed by atoms with Gasteiger partial charge in [0.2, 0.25) is 5.91 Å². The summed E-state index contributed by atoms with van der Waals surface area (Å²) in [5, 5.41) is 11.2. The molecule has 96 valence electrons. The van der Waals surface area contributed by atoms with Crippen LogP contribution in [0.3, 0.4) is 0 Å². The van der Waals surface area contributed by atoms with E-state index in [-0.39, 0.29) is 12.3 Å². The molecule has 0 heterocycles. The molecule has 0 fully saturated rings. The highest BCUT2D eigenvalue weighted by Crippen LogP contribution is 2.00. The quantitative estimate of drug-likeness (QED) is 0.452. The van der Waals surface area contributed by atoms with E-state index in [0.29, 0.717) is 19.4 Å². The summed E-state index contributed by atoms with van der Waals surface area (Å²) in [6.45, 7) is 0.633. The maximum atomic E-state index is 11.3. The molecule has 4 nitrogen and oxygen atoms in total. The molecular weight excluding hydrogens is 218 g/mol. The number of rotatable bonds is 10. The monoisotopic (exact) mass is 239 g/mol. The molecule has 2 N–H and O–H groups in total. The minimum absolute atomic E-state index is 0.0558. The van der Waals surface area contributed by atoms with Crippen molar-refractivity contribution in [2.75, 3.05) is 6.54 Å². The van der Waals surface area contributed by atoms with Crippen LogP contribution in [0.5, 0.6) is 0 Å². The Morgan fingerprint density at radius 1 is 1.06 bits per heavy atom. The maximum absolute atomic E-state index is 11.3. The normalized spacial score (nSPS) is 9.59. The standard InChI is InChI=1S/C13H21NO3/c1-2-3-4-6-9-12(15)14-11-8-5-7-10-13(16)17/h1H,3-11H2,(H,14,15)(H,16,17). The molecule has 0 aromatic carbocycles. The highest BCUT2D eigenvalue weighted by atomic mass is 16.4. The Kier molecular flexibility index (Phi) is 10.0. The van der Waals surface area contributed by atoms with Crippen molar-refractivity contribution in [3.8, 4) is 12.3 Å². The van der Waals surface area contributed by atoms with E-state index in [0.717, 1.165) is 32.1 Å². The predicted octanol–water partition coefficient (Wildman–Crippen LogP) is 1.94. The first kappa shape index (κ1) is 15.5. The molecule has 0 aromatic rings. The number of carbonyl (C=O) groups excluding carboxylic acids is 1. The summed E-state index contributed by atoms with van der Waals surface area (Å²) in [7, 11) is 0. The van der Waals surface area contributed by atoms with Crippen LogP contribution in [0.15, 0.2) is 0 Å². The van der Waals surface area contributed by atoms with Crippen LogP contribution in [0.2, 0.25) is 0 Å². The van der Waals surface area contributed by atoms with E-state index < -0.39 is 5.97 Å². The van der Waals surface area contributed by atoms with E-state index in [2.05, 4.69) is 11.2 Å². The van der Waals surface area contributed by atoms with Crippen molar-refractivity contribution in [3.05, 3.63) is 0 Å². The third kappa shape index (κ3) is 12.4. The van der Waals surface area contributed by atoms with Crippen molar-refractivity contribution in [2.24, 2.45) is 0 Å². The molecular formula is C13H21NO3. The van der Waals surface area contributed by atoms with Gasteiger partial charge in [0.1, 0.15) is 0 Å². The number of nitrogens with one attached hydrogen (secondary N) is 1. The van der Waals surface area contributed by atoms with Crippen molar-refractivity contribution in [1.29, 1.82) is 0 Å². The number of aliphatic carboxylic acids is 1. The fourth-order valence-electron chi connectivity index (χ4n) is 1.41. The first-order valence-electron chi connectivity index (χ1n) is 6.08. The predicted molar refractivity (Wildman–Crippen MR) is 66.4 cm³/mol.